The molecule has 28 heavy (non-hydrogen) atoms. The molecule has 0 radical (unpaired) electrons. The van der Waals surface area contributed by atoms with E-state index in [9.17, 15) is 9.59 Å². The fraction of sp³-hybridized carbons (Fsp3) is 0.0952. The van der Waals surface area contributed by atoms with Crippen LogP contribution in [-0.2, 0) is 4.74 Å². The van der Waals surface area contributed by atoms with Crippen molar-refractivity contribution in [3.8, 4) is 5.75 Å². The number of carbonyl (C=O) groups excluding carboxylic acids is 2. The maximum atomic E-state index is 12.6. The van der Waals surface area contributed by atoms with Crippen molar-refractivity contribution in [2.75, 3.05) is 24.9 Å². The summed E-state index contributed by atoms with van der Waals surface area (Å²) in [6.07, 6.45) is 1.51. The average Bonchev–Trinajstić information content (AvgIpc) is 2.74. The Balaban J connectivity index is 1.81. The Morgan fingerprint density at radius 2 is 1.64 bits per heavy atom. The van der Waals surface area contributed by atoms with Crippen molar-refractivity contribution in [1.29, 1.82) is 0 Å². The van der Waals surface area contributed by atoms with Crippen LogP contribution in [0.2, 0.25) is 0 Å². The first-order valence-electron chi connectivity index (χ1n) is 8.47. The van der Waals surface area contributed by atoms with Gasteiger partial charge in [-0.15, -0.1) is 0 Å². The number of hydrogen-bond acceptors (Lipinski definition) is 6. The van der Waals surface area contributed by atoms with Gasteiger partial charge in [-0.2, -0.15) is 0 Å². The molecule has 0 aliphatic carbocycles. The third kappa shape index (κ3) is 4.27. The molecule has 0 unspecified atom stereocenters. The smallest absolute Gasteiger partial charge is 0.339 e. The van der Waals surface area contributed by atoms with Crippen LogP contribution in [0, 0.1) is 0 Å². The number of ether oxygens (including phenoxy) is 2. The molecule has 142 valence electrons. The van der Waals surface area contributed by atoms with Gasteiger partial charge in [0, 0.05) is 11.8 Å². The molecule has 3 aromatic rings. The highest BCUT2D eigenvalue weighted by Gasteiger charge is 2.13. The van der Waals surface area contributed by atoms with Crippen LogP contribution in [0.1, 0.15) is 20.7 Å². The fourth-order valence-electron chi connectivity index (χ4n) is 2.60. The lowest BCUT2D eigenvalue weighted by Crippen LogP contribution is -2.13. The number of pyridine rings is 1. The van der Waals surface area contributed by atoms with Gasteiger partial charge in [-0.3, -0.25) is 4.79 Å². The molecule has 1 aromatic heterocycles. The molecule has 0 atom stereocenters. The molecule has 0 saturated carbocycles. The minimum Gasteiger partial charge on any atom is -0.495 e. The Bertz CT molecular complexity index is 1000. The van der Waals surface area contributed by atoms with Gasteiger partial charge in [0.15, 0.2) is 0 Å². The summed E-state index contributed by atoms with van der Waals surface area (Å²) in [6.45, 7) is 0. The third-order valence-corrected chi connectivity index (χ3v) is 3.97. The monoisotopic (exact) mass is 377 g/mol. The zero-order valence-corrected chi connectivity index (χ0v) is 15.4. The Kier molecular flexibility index (Phi) is 5.86. The van der Waals surface area contributed by atoms with Crippen LogP contribution >= 0.6 is 0 Å². The molecule has 1 amide bonds. The number of anilines is 3. The number of rotatable bonds is 6. The number of hydrogen-bond donors (Lipinski definition) is 2. The summed E-state index contributed by atoms with van der Waals surface area (Å²) in [6, 6.07) is 17.2. The normalized spacial score (nSPS) is 10.1. The number of carbonyl (C=O) groups is 2. The highest BCUT2D eigenvalue weighted by molar-refractivity contribution is 6.05. The number of nitrogens with one attached hydrogen (secondary N) is 2. The van der Waals surface area contributed by atoms with E-state index in [0.717, 1.165) is 0 Å². The molecule has 7 nitrogen and oxygen atoms in total. The van der Waals surface area contributed by atoms with Crippen molar-refractivity contribution in [2.45, 2.75) is 0 Å². The molecule has 0 bridgehead atoms. The SMILES string of the molecule is COC(=O)c1ccccc1Nc1cc(C(=O)Nc2ccccc2OC)ccn1. The summed E-state index contributed by atoms with van der Waals surface area (Å²) >= 11 is 0. The second kappa shape index (κ2) is 8.68. The highest BCUT2D eigenvalue weighted by Crippen LogP contribution is 2.24. The van der Waals surface area contributed by atoms with Gasteiger partial charge in [-0.25, -0.2) is 9.78 Å². The summed E-state index contributed by atoms with van der Waals surface area (Å²) in [5.41, 5.74) is 1.87. The second-order valence-corrected chi connectivity index (χ2v) is 5.75. The molecule has 3 rings (SSSR count). The molecule has 0 fully saturated rings. The topological polar surface area (TPSA) is 89.5 Å². The van der Waals surface area contributed by atoms with Crippen molar-refractivity contribution in [3.05, 3.63) is 78.0 Å². The van der Waals surface area contributed by atoms with E-state index < -0.39 is 5.97 Å². The Morgan fingerprint density at radius 1 is 0.929 bits per heavy atom. The van der Waals surface area contributed by atoms with Crippen molar-refractivity contribution in [2.24, 2.45) is 0 Å². The van der Waals surface area contributed by atoms with Crippen molar-refractivity contribution >= 4 is 29.1 Å². The van der Waals surface area contributed by atoms with E-state index >= 15 is 0 Å². The zero-order chi connectivity index (χ0) is 19.9. The van der Waals surface area contributed by atoms with Gasteiger partial charge >= 0.3 is 5.97 Å². The first-order valence-corrected chi connectivity index (χ1v) is 8.47. The summed E-state index contributed by atoms with van der Waals surface area (Å²) in [4.78, 5) is 28.7. The minimum atomic E-state index is -0.465. The van der Waals surface area contributed by atoms with E-state index in [1.807, 2.05) is 6.07 Å². The number of esters is 1. The molecule has 1 heterocycles. The van der Waals surface area contributed by atoms with Gasteiger partial charge in [0.2, 0.25) is 0 Å². The first-order chi connectivity index (χ1) is 13.6. The first kappa shape index (κ1) is 18.9. The zero-order valence-electron chi connectivity index (χ0n) is 15.4. The average molecular weight is 377 g/mol. The lowest BCUT2D eigenvalue weighted by Gasteiger charge is -2.12. The summed E-state index contributed by atoms with van der Waals surface area (Å²) in [5, 5.41) is 5.87. The van der Waals surface area contributed by atoms with E-state index in [1.54, 1.807) is 54.6 Å². The van der Waals surface area contributed by atoms with Crippen LogP contribution in [-0.4, -0.2) is 31.1 Å². The van der Waals surface area contributed by atoms with Crippen LogP contribution in [0.3, 0.4) is 0 Å². The standard InChI is InChI=1S/C21H19N3O4/c1-27-18-10-6-5-9-17(18)24-20(25)14-11-12-22-19(13-14)23-16-8-4-3-7-15(16)21(26)28-2/h3-13H,1-2H3,(H,22,23)(H,24,25). The van der Waals surface area contributed by atoms with Crippen LogP contribution in [0.5, 0.6) is 5.75 Å². The lowest BCUT2D eigenvalue weighted by molar-refractivity contribution is 0.0601. The largest absolute Gasteiger partial charge is 0.495 e. The number of para-hydroxylation sites is 3. The lowest BCUT2D eigenvalue weighted by atomic mass is 10.1. The summed E-state index contributed by atoms with van der Waals surface area (Å²) < 4.78 is 10.0. The van der Waals surface area contributed by atoms with Gasteiger partial charge in [-0.1, -0.05) is 24.3 Å². The van der Waals surface area contributed by atoms with Crippen molar-refractivity contribution in [1.82, 2.24) is 4.98 Å². The van der Waals surface area contributed by atoms with Crippen LogP contribution in [0.25, 0.3) is 0 Å². The Hall–Kier alpha value is -3.87. The van der Waals surface area contributed by atoms with E-state index in [-0.39, 0.29) is 5.91 Å². The van der Waals surface area contributed by atoms with Crippen LogP contribution < -0.4 is 15.4 Å². The number of benzene rings is 2. The van der Waals surface area contributed by atoms with Crippen LogP contribution in [0.4, 0.5) is 17.2 Å². The third-order valence-electron chi connectivity index (χ3n) is 3.97. The second-order valence-electron chi connectivity index (χ2n) is 5.75. The van der Waals surface area contributed by atoms with E-state index in [0.29, 0.717) is 34.1 Å². The van der Waals surface area contributed by atoms with Crippen LogP contribution in [0.15, 0.2) is 66.9 Å². The van der Waals surface area contributed by atoms with Crippen molar-refractivity contribution < 1.29 is 19.1 Å². The molecule has 0 aliphatic rings. The molecule has 7 heteroatoms. The number of aromatic nitrogens is 1. The van der Waals surface area contributed by atoms with E-state index in [4.69, 9.17) is 9.47 Å². The van der Waals surface area contributed by atoms with Gasteiger partial charge in [-0.05, 0) is 36.4 Å². The Morgan fingerprint density at radius 3 is 2.39 bits per heavy atom. The van der Waals surface area contributed by atoms with Gasteiger partial charge in [0.25, 0.3) is 5.91 Å². The molecular formula is C21H19N3O4. The fourth-order valence-corrected chi connectivity index (χ4v) is 2.60. The van der Waals surface area contributed by atoms with Gasteiger partial charge in [0.1, 0.15) is 11.6 Å². The highest BCUT2D eigenvalue weighted by atomic mass is 16.5. The summed E-state index contributed by atoms with van der Waals surface area (Å²) in [5.74, 6) is 0.212. The maximum Gasteiger partial charge on any atom is 0.339 e. The van der Waals surface area contributed by atoms with Crippen molar-refractivity contribution in [3.63, 3.8) is 0 Å². The summed E-state index contributed by atoms with van der Waals surface area (Å²) in [7, 11) is 2.86. The van der Waals surface area contributed by atoms with E-state index in [1.165, 1.54) is 20.4 Å². The van der Waals surface area contributed by atoms with Gasteiger partial charge in [0.05, 0.1) is 31.2 Å². The predicted molar refractivity (Wildman–Crippen MR) is 106 cm³/mol. The number of methoxy groups -OCH3 is 2. The molecular weight excluding hydrogens is 358 g/mol. The Labute approximate surface area is 162 Å². The molecule has 0 spiro atoms. The van der Waals surface area contributed by atoms with E-state index in [2.05, 4.69) is 15.6 Å². The molecule has 0 aliphatic heterocycles. The predicted octanol–water partition coefficient (Wildman–Crippen LogP) is 3.87. The number of amides is 1. The number of nitrogens with zero attached hydrogens (tertiary/aromatic N) is 1. The van der Waals surface area contributed by atoms with Gasteiger partial charge < -0.3 is 20.1 Å². The minimum absolute atomic E-state index is 0.309. The quantitative estimate of drug-likeness (QED) is 0.634. The maximum absolute atomic E-state index is 12.6. The molecule has 0 saturated heterocycles. The molecule has 2 aromatic carbocycles. The molecule has 2 N–H and O–H groups in total.